The second-order valence-electron chi connectivity index (χ2n) is 5.70. The minimum Gasteiger partial charge on any atom is -0.487 e. The van der Waals surface area contributed by atoms with Crippen LogP contribution in [0.3, 0.4) is 0 Å². The molecule has 0 saturated heterocycles. The van der Waals surface area contributed by atoms with Gasteiger partial charge in [-0.1, -0.05) is 22.0 Å². The molecular formula is C18H24BrN3O. The Kier molecular flexibility index (Phi) is 7.52. The molecule has 0 fully saturated rings. The number of hydrogen-bond acceptors (Lipinski definition) is 4. The average Bonchev–Trinajstić information content (AvgIpc) is 2.54. The first-order chi connectivity index (χ1) is 11.1. The molecule has 0 atom stereocenters. The van der Waals surface area contributed by atoms with E-state index >= 15 is 0 Å². The summed E-state index contributed by atoms with van der Waals surface area (Å²) in [6.07, 6.45) is 2.92. The van der Waals surface area contributed by atoms with Crippen molar-refractivity contribution in [2.24, 2.45) is 0 Å². The number of nitrogens with one attached hydrogen (secondary N) is 1. The van der Waals surface area contributed by atoms with Crippen molar-refractivity contribution in [1.29, 1.82) is 0 Å². The van der Waals surface area contributed by atoms with Crippen LogP contribution in [0.25, 0.3) is 0 Å². The highest BCUT2D eigenvalue weighted by Crippen LogP contribution is 2.24. The normalized spacial score (nSPS) is 11.0. The molecule has 0 aliphatic heterocycles. The van der Waals surface area contributed by atoms with Gasteiger partial charge in [0.1, 0.15) is 12.4 Å². The molecule has 0 bridgehead atoms. The Morgan fingerprint density at radius 2 is 2.09 bits per heavy atom. The molecule has 1 aromatic carbocycles. The van der Waals surface area contributed by atoms with Gasteiger partial charge in [0, 0.05) is 22.8 Å². The third-order valence-electron chi connectivity index (χ3n) is 3.40. The second kappa shape index (κ2) is 9.65. The zero-order chi connectivity index (χ0) is 16.5. The van der Waals surface area contributed by atoms with E-state index in [0.717, 1.165) is 47.5 Å². The summed E-state index contributed by atoms with van der Waals surface area (Å²) in [4.78, 5) is 6.49. The molecule has 1 heterocycles. The number of pyridine rings is 1. The molecule has 5 heteroatoms. The fourth-order valence-electron chi connectivity index (χ4n) is 2.21. The second-order valence-corrected chi connectivity index (χ2v) is 6.61. The maximum Gasteiger partial charge on any atom is 0.130 e. The van der Waals surface area contributed by atoms with Crippen LogP contribution in [-0.4, -0.2) is 37.1 Å². The molecular weight excluding hydrogens is 354 g/mol. The van der Waals surface area contributed by atoms with Crippen LogP contribution in [0, 0.1) is 0 Å². The van der Waals surface area contributed by atoms with Gasteiger partial charge >= 0.3 is 0 Å². The number of aromatic nitrogens is 1. The number of ether oxygens (including phenoxy) is 1. The van der Waals surface area contributed by atoms with Crippen LogP contribution >= 0.6 is 15.9 Å². The Morgan fingerprint density at radius 3 is 2.83 bits per heavy atom. The maximum atomic E-state index is 5.94. The van der Waals surface area contributed by atoms with Crippen LogP contribution in [0.4, 0.5) is 0 Å². The van der Waals surface area contributed by atoms with E-state index in [2.05, 4.69) is 51.3 Å². The molecule has 1 aromatic heterocycles. The summed E-state index contributed by atoms with van der Waals surface area (Å²) in [5.74, 6) is 0.902. The molecule has 0 radical (unpaired) electrons. The fraction of sp³-hybridized carbons (Fsp3) is 0.389. The van der Waals surface area contributed by atoms with Crippen molar-refractivity contribution in [2.75, 3.05) is 27.2 Å². The lowest BCUT2D eigenvalue weighted by molar-refractivity contribution is 0.297. The lowest BCUT2D eigenvalue weighted by Crippen LogP contribution is -2.21. The van der Waals surface area contributed by atoms with E-state index in [9.17, 15) is 0 Å². The zero-order valence-corrected chi connectivity index (χ0v) is 15.3. The Morgan fingerprint density at radius 1 is 1.22 bits per heavy atom. The van der Waals surface area contributed by atoms with E-state index in [1.165, 1.54) is 0 Å². The smallest absolute Gasteiger partial charge is 0.130 e. The van der Waals surface area contributed by atoms with Crippen molar-refractivity contribution in [2.45, 2.75) is 19.6 Å². The third kappa shape index (κ3) is 6.69. The summed E-state index contributed by atoms with van der Waals surface area (Å²) in [7, 11) is 4.19. The van der Waals surface area contributed by atoms with Gasteiger partial charge in [-0.2, -0.15) is 0 Å². The van der Waals surface area contributed by atoms with Crippen molar-refractivity contribution < 1.29 is 4.74 Å². The molecule has 0 saturated carbocycles. The Bertz CT molecular complexity index is 590. The summed E-state index contributed by atoms with van der Waals surface area (Å²) < 4.78 is 7.00. The molecule has 0 amide bonds. The Labute approximate surface area is 147 Å². The lowest BCUT2D eigenvalue weighted by Gasteiger charge is -2.13. The van der Waals surface area contributed by atoms with Crippen LogP contribution in [0.2, 0.25) is 0 Å². The Hall–Kier alpha value is -1.43. The van der Waals surface area contributed by atoms with Gasteiger partial charge in [-0.15, -0.1) is 0 Å². The molecule has 23 heavy (non-hydrogen) atoms. The summed E-state index contributed by atoms with van der Waals surface area (Å²) in [5, 5.41) is 3.48. The largest absolute Gasteiger partial charge is 0.487 e. The van der Waals surface area contributed by atoms with E-state index in [1.54, 1.807) is 6.20 Å². The van der Waals surface area contributed by atoms with E-state index in [-0.39, 0.29) is 0 Å². The van der Waals surface area contributed by atoms with E-state index in [4.69, 9.17) is 4.74 Å². The quantitative estimate of drug-likeness (QED) is 0.678. The predicted octanol–water partition coefficient (Wildman–Crippen LogP) is 3.46. The van der Waals surface area contributed by atoms with Crippen molar-refractivity contribution in [3.8, 4) is 5.75 Å². The summed E-state index contributed by atoms with van der Waals surface area (Å²) in [6, 6.07) is 12.0. The molecule has 0 aliphatic carbocycles. The number of halogens is 1. The molecule has 0 aliphatic rings. The summed E-state index contributed by atoms with van der Waals surface area (Å²) in [6.45, 7) is 3.36. The first-order valence-electron chi connectivity index (χ1n) is 7.82. The van der Waals surface area contributed by atoms with Crippen molar-refractivity contribution in [3.63, 3.8) is 0 Å². The highest BCUT2D eigenvalue weighted by atomic mass is 79.9. The molecule has 4 nitrogen and oxygen atoms in total. The van der Waals surface area contributed by atoms with Crippen LogP contribution < -0.4 is 10.1 Å². The topological polar surface area (TPSA) is 37.4 Å². The molecule has 2 aromatic rings. The SMILES string of the molecule is CN(C)CCCNCc1cc(Br)ccc1OCc1ccccn1. The molecule has 2 rings (SSSR count). The van der Waals surface area contributed by atoms with Gasteiger partial charge in [-0.25, -0.2) is 0 Å². The molecule has 0 spiro atoms. The number of nitrogens with zero attached hydrogens (tertiary/aromatic N) is 2. The van der Waals surface area contributed by atoms with Gasteiger partial charge in [0.2, 0.25) is 0 Å². The predicted molar refractivity (Wildman–Crippen MR) is 97.6 cm³/mol. The van der Waals surface area contributed by atoms with Crippen LogP contribution in [0.1, 0.15) is 17.7 Å². The Balaban J connectivity index is 1.89. The van der Waals surface area contributed by atoms with Gasteiger partial charge in [-0.05, 0) is 63.9 Å². The van der Waals surface area contributed by atoms with Gasteiger partial charge in [-0.3, -0.25) is 4.98 Å². The fourth-order valence-corrected chi connectivity index (χ4v) is 2.61. The van der Waals surface area contributed by atoms with E-state index in [0.29, 0.717) is 6.61 Å². The average molecular weight is 378 g/mol. The van der Waals surface area contributed by atoms with E-state index < -0.39 is 0 Å². The number of rotatable bonds is 9. The van der Waals surface area contributed by atoms with E-state index in [1.807, 2.05) is 30.3 Å². The van der Waals surface area contributed by atoms with Gasteiger partial charge in [0.25, 0.3) is 0 Å². The minimum atomic E-state index is 0.482. The number of benzene rings is 1. The molecule has 1 N–H and O–H groups in total. The van der Waals surface area contributed by atoms with Crippen molar-refractivity contribution in [3.05, 3.63) is 58.3 Å². The van der Waals surface area contributed by atoms with Gasteiger partial charge < -0.3 is 15.0 Å². The first kappa shape index (κ1) is 17.9. The zero-order valence-electron chi connectivity index (χ0n) is 13.8. The van der Waals surface area contributed by atoms with Crippen LogP contribution in [0.15, 0.2) is 47.1 Å². The van der Waals surface area contributed by atoms with Crippen LogP contribution in [0.5, 0.6) is 5.75 Å². The maximum absolute atomic E-state index is 5.94. The highest BCUT2D eigenvalue weighted by molar-refractivity contribution is 9.10. The van der Waals surface area contributed by atoms with Gasteiger partial charge in [0.05, 0.1) is 5.69 Å². The van der Waals surface area contributed by atoms with Crippen LogP contribution in [-0.2, 0) is 13.2 Å². The molecule has 0 unspecified atom stereocenters. The monoisotopic (exact) mass is 377 g/mol. The summed E-state index contributed by atoms with van der Waals surface area (Å²) in [5.41, 5.74) is 2.08. The van der Waals surface area contributed by atoms with Crippen molar-refractivity contribution >= 4 is 15.9 Å². The van der Waals surface area contributed by atoms with Gasteiger partial charge in [0.15, 0.2) is 0 Å². The van der Waals surface area contributed by atoms with Crippen molar-refractivity contribution in [1.82, 2.24) is 15.2 Å². The first-order valence-corrected chi connectivity index (χ1v) is 8.61. The summed E-state index contributed by atoms with van der Waals surface area (Å²) >= 11 is 3.53. The molecule has 124 valence electrons. The lowest BCUT2D eigenvalue weighted by atomic mass is 10.2. The standard InChI is InChI=1S/C18H24BrN3O/c1-22(2)11-5-9-20-13-15-12-16(19)7-8-18(15)23-14-17-6-3-4-10-21-17/h3-4,6-8,10,12,20H,5,9,11,13-14H2,1-2H3. The third-order valence-corrected chi connectivity index (χ3v) is 3.89. The number of hydrogen-bond donors (Lipinski definition) is 1. The highest BCUT2D eigenvalue weighted by Gasteiger charge is 2.05. The minimum absolute atomic E-state index is 0.482.